The number of hydrogen-bond donors (Lipinski definition) is 1. The largest absolute Gasteiger partial charge is 0.280 e. The summed E-state index contributed by atoms with van der Waals surface area (Å²) in [5.41, 5.74) is 1.51. The van der Waals surface area contributed by atoms with Crippen LogP contribution in [0.5, 0.6) is 0 Å². The smallest absolute Gasteiger partial charge is 0.261 e. The molecule has 0 unspecified atom stereocenters. The number of hydrogen-bond acceptors (Lipinski definition) is 2. The Morgan fingerprint density at radius 1 is 1.00 bits per heavy atom. The minimum Gasteiger partial charge on any atom is -0.280 e. The highest BCUT2D eigenvalue weighted by Gasteiger charge is 2.14. The molecule has 0 saturated carbocycles. The molecule has 19 heavy (non-hydrogen) atoms. The van der Waals surface area contributed by atoms with Gasteiger partial charge in [-0.15, -0.1) is 0 Å². The molecular weight excluding hydrogens is 394 g/mol. The van der Waals surface area contributed by atoms with Gasteiger partial charge >= 0.3 is 0 Å². The van der Waals surface area contributed by atoms with E-state index in [1.807, 2.05) is 13.0 Å². The summed E-state index contributed by atoms with van der Waals surface area (Å²) in [6.07, 6.45) is 0. The van der Waals surface area contributed by atoms with E-state index in [4.69, 9.17) is 0 Å². The van der Waals surface area contributed by atoms with Gasteiger partial charge in [0.1, 0.15) is 0 Å². The SMILES string of the molecule is Cc1cc(NS(=O)(=O)c2ccc(Br)cc2)ccc1Br. The summed E-state index contributed by atoms with van der Waals surface area (Å²) in [5, 5.41) is 0. The van der Waals surface area contributed by atoms with Gasteiger partial charge in [0.05, 0.1) is 4.90 Å². The molecule has 0 aliphatic carbocycles. The van der Waals surface area contributed by atoms with Crippen LogP contribution in [0.4, 0.5) is 5.69 Å². The van der Waals surface area contributed by atoms with Crippen LogP contribution in [0.25, 0.3) is 0 Å². The van der Waals surface area contributed by atoms with Crippen molar-refractivity contribution in [3.63, 3.8) is 0 Å². The lowest BCUT2D eigenvalue weighted by atomic mass is 10.2. The van der Waals surface area contributed by atoms with E-state index in [0.29, 0.717) is 5.69 Å². The molecule has 0 aliphatic heterocycles. The van der Waals surface area contributed by atoms with Crippen LogP contribution in [-0.2, 0) is 10.0 Å². The van der Waals surface area contributed by atoms with Crippen molar-refractivity contribution in [1.29, 1.82) is 0 Å². The molecule has 0 atom stereocenters. The van der Waals surface area contributed by atoms with Gasteiger partial charge in [0.2, 0.25) is 0 Å². The molecule has 6 heteroatoms. The van der Waals surface area contributed by atoms with Crippen molar-refractivity contribution in [3.05, 3.63) is 57.0 Å². The molecule has 1 N–H and O–H groups in total. The molecule has 0 bridgehead atoms. The Kier molecular flexibility index (Phi) is 4.32. The van der Waals surface area contributed by atoms with E-state index in [0.717, 1.165) is 14.5 Å². The van der Waals surface area contributed by atoms with Crippen molar-refractivity contribution in [2.45, 2.75) is 11.8 Å². The van der Waals surface area contributed by atoms with Crippen molar-refractivity contribution in [2.75, 3.05) is 4.72 Å². The highest BCUT2D eigenvalue weighted by molar-refractivity contribution is 9.10. The molecule has 0 fully saturated rings. The van der Waals surface area contributed by atoms with Gasteiger partial charge in [-0.1, -0.05) is 31.9 Å². The third kappa shape index (κ3) is 3.58. The van der Waals surface area contributed by atoms with Gasteiger partial charge in [-0.3, -0.25) is 4.72 Å². The number of sulfonamides is 1. The third-order valence-electron chi connectivity index (χ3n) is 2.53. The van der Waals surface area contributed by atoms with Crippen molar-refractivity contribution in [1.82, 2.24) is 0 Å². The van der Waals surface area contributed by atoms with Crippen molar-refractivity contribution < 1.29 is 8.42 Å². The van der Waals surface area contributed by atoms with Gasteiger partial charge < -0.3 is 0 Å². The van der Waals surface area contributed by atoms with Gasteiger partial charge in [-0.05, 0) is 55.0 Å². The predicted molar refractivity (Wildman–Crippen MR) is 83.8 cm³/mol. The first-order valence-corrected chi connectivity index (χ1v) is 8.50. The Morgan fingerprint density at radius 3 is 2.21 bits per heavy atom. The van der Waals surface area contributed by atoms with E-state index in [-0.39, 0.29) is 4.90 Å². The molecule has 0 radical (unpaired) electrons. The molecule has 2 aromatic carbocycles. The second kappa shape index (κ2) is 5.64. The molecule has 3 nitrogen and oxygen atoms in total. The lowest BCUT2D eigenvalue weighted by molar-refractivity contribution is 0.601. The Bertz CT molecular complexity index is 697. The number of halogens is 2. The first-order valence-electron chi connectivity index (χ1n) is 5.43. The first-order chi connectivity index (χ1) is 8.88. The number of benzene rings is 2. The maximum atomic E-state index is 12.2. The van der Waals surface area contributed by atoms with Gasteiger partial charge in [0, 0.05) is 14.6 Å². The van der Waals surface area contributed by atoms with E-state index >= 15 is 0 Å². The highest BCUT2D eigenvalue weighted by Crippen LogP contribution is 2.23. The Balaban J connectivity index is 2.30. The third-order valence-corrected chi connectivity index (χ3v) is 5.35. The average molecular weight is 405 g/mol. The fourth-order valence-electron chi connectivity index (χ4n) is 1.54. The van der Waals surface area contributed by atoms with Crippen LogP contribution in [0, 0.1) is 6.92 Å². The maximum absolute atomic E-state index is 12.2. The van der Waals surface area contributed by atoms with Gasteiger partial charge in [0.25, 0.3) is 10.0 Å². The van der Waals surface area contributed by atoms with Crippen molar-refractivity contribution >= 4 is 47.6 Å². The van der Waals surface area contributed by atoms with Crippen molar-refractivity contribution in [2.24, 2.45) is 0 Å². The Morgan fingerprint density at radius 2 is 1.63 bits per heavy atom. The fourth-order valence-corrected chi connectivity index (χ4v) is 3.10. The molecule has 100 valence electrons. The summed E-state index contributed by atoms with van der Waals surface area (Å²) in [4.78, 5) is 0.233. The molecule has 0 heterocycles. The van der Waals surface area contributed by atoms with E-state index < -0.39 is 10.0 Å². The zero-order valence-electron chi connectivity index (χ0n) is 10.0. The predicted octanol–water partition coefficient (Wildman–Crippen LogP) is 4.32. The summed E-state index contributed by atoms with van der Waals surface area (Å²) in [7, 11) is -3.55. The van der Waals surface area contributed by atoms with Gasteiger partial charge in [-0.25, -0.2) is 8.42 Å². The van der Waals surface area contributed by atoms with E-state index in [9.17, 15) is 8.42 Å². The van der Waals surface area contributed by atoms with Crippen LogP contribution < -0.4 is 4.72 Å². The van der Waals surface area contributed by atoms with Crippen LogP contribution in [0.3, 0.4) is 0 Å². The second-order valence-corrected chi connectivity index (χ2v) is 7.48. The molecule has 0 saturated heterocycles. The molecule has 0 amide bonds. The number of anilines is 1. The minimum absolute atomic E-state index is 0.233. The van der Waals surface area contributed by atoms with E-state index in [1.165, 1.54) is 0 Å². The summed E-state index contributed by atoms with van der Waals surface area (Å²) >= 11 is 6.66. The Hall–Kier alpha value is -0.850. The van der Waals surface area contributed by atoms with Crippen LogP contribution in [0.1, 0.15) is 5.56 Å². The van der Waals surface area contributed by atoms with Crippen LogP contribution in [0.15, 0.2) is 56.3 Å². The maximum Gasteiger partial charge on any atom is 0.261 e. The normalized spacial score (nSPS) is 11.3. The fraction of sp³-hybridized carbons (Fsp3) is 0.0769. The molecule has 2 rings (SSSR count). The zero-order chi connectivity index (χ0) is 14.0. The quantitative estimate of drug-likeness (QED) is 0.827. The van der Waals surface area contributed by atoms with Crippen molar-refractivity contribution in [3.8, 4) is 0 Å². The van der Waals surface area contributed by atoms with Gasteiger partial charge in [0.15, 0.2) is 0 Å². The molecule has 0 spiro atoms. The van der Waals surface area contributed by atoms with Crippen LogP contribution in [-0.4, -0.2) is 8.42 Å². The topological polar surface area (TPSA) is 46.2 Å². The second-order valence-electron chi connectivity index (χ2n) is 4.02. The summed E-state index contributed by atoms with van der Waals surface area (Å²) < 4.78 is 28.7. The van der Waals surface area contributed by atoms with E-state index in [1.54, 1.807) is 36.4 Å². The molecule has 2 aromatic rings. The van der Waals surface area contributed by atoms with E-state index in [2.05, 4.69) is 36.6 Å². The summed E-state index contributed by atoms with van der Waals surface area (Å²) in [5.74, 6) is 0. The minimum atomic E-state index is -3.55. The summed E-state index contributed by atoms with van der Waals surface area (Å²) in [6, 6.07) is 11.8. The molecular formula is C13H11Br2NO2S. The lowest BCUT2D eigenvalue weighted by Crippen LogP contribution is -2.12. The first kappa shape index (κ1) is 14.6. The molecule has 0 aliphatic rings. The molecule has 0 aromatic heterocycles. The Labute approximate surface area is 129 Å². The standard InChI is InChI=1S/C13H11Br2NO2S/c1-9-8-11(4-7-13(9)15)16-19(17,18)12-5-2-10(14)3-6-12/h2-8,16H,1H3. The lowest BCUT2D eigenvalue weighted by Gasteiger charge is -2.09. The number of rotatable bonds is 3. The monoisotopic (exact) mass is 403 g/mol. The van der Waals surface area contributed by atoms with Crippen LogP contribution >= 0.6 is 31.9 Å². The summed E-state index contributed by atoms with van der Waals surface area (Å²) in [6.45, 7) is 1.90. The highest BCUT2D eigenvalue weighted by atomic mass is 79.9. The van der Waals surface area contributed by atoms with Gasteiger partial charge in [-0.2, -0.15) is 0 Å². The number of aryl methyl sites for hydroxylation is 1. The number of nitrogens with one attached hydrogen (secondary N) is 1. The van der Waals surface area contributed by atoms with Crippen LogP contribution in [0.2, 0.25) is 0 Å². The zero-order valence-corrected chi connectivity index (χ0v) is 14.0. The average Bonchev–Trinajstić information content (AvgIpc) is 2.34.